The molecule has 2 heterocycles. The molecule has 90 valence electrons. The molecule has 0 atom stereocenters. The van der Waals surface area contributed by atoms with E-state index in [-0.39, 0.29) is 0 Å². The molecule has 2 rings (SSSR count). The van der Waals surface area contributed by atoms with Gasteiger partial charge in [-0.1, -0.05) is 6.07 Å². The third kappa shape index (κ3) is 3.64. The summed E-state index contributed by atoms with van der Waals surface area (Å²) in [4.78, 5) is 6.42. The fourth-order valence-electron chi connectivity index (χ4n) is 1.56. The summed E-state index contributed by atoms with van der Waals surface area (Å²) in [6.45, 7) is 3.39. The van der Waals surface area contributed by atoms with E-state index in [9.17, 15) is 0 Å². The van der Waals surface area contributed by atoms with E-state index in [1.165, 1.54) is 0 Å². The summed E-state index contributed by atoms with van der Waals surface area (Å²) >= 11 is 0. The molecule has 0 spiro atoms. The van der Waals surface area contributed by atoms with E-state index in [4.69, 9.17) is 4.42 Å². The molecule has 0 unspecified atom stereocenters. The topological polar surface area (TPSA) is 55.1 Å². The van der Waals surface area contributed by atoms with Gasteiger partial charge in [-0.15, -0.1) is 10.2 Å². The first-order chi connectivity index (χ1) is 8.24. The van der Waals surface area contributed by atoms with Gasteiger partial charge in [0.1, 0.15) is 0 Å². The van der Waals surface area contributed by atoms with Crippen LogP contribution in [0.15, 0.2) is 28.8 Å². The molecule has 0 saturated carbocycles. The molecule has 0 fully saturated rings. The van der Waals surface area contributed by atoms with Crippen molar-refractivity contribution < 1.29 is 4.42 Å². The van der Waals surface area contributed by atoms with Crippen molar-refractivity contribution in [2.75, 3.05) is 13.6 Å². The summed E-state index contributed by atoms with van der Waals surface area (Å²) in [5, 5.41) is 7.77. The van der Waals surface area contributed by atoms with Crippen molar-refractivity contribution in [3.63, 3.8) is 0 Å². The molecule has 0 aliphatic heterocycles. The van der Waals surface area contributed by atoms with E-state index in [1.807, 2.05) is 31.4 Å². The maximum atomic E-state index is 5.33. The lowest BCUT2D eigenvalue weighted by molar-refractivity contribution is 0.288. The van der Waals surface area contributed by atoms with Gasteiger partial charge in [0.2, 0.25) is 11.8 Å². The van der Waals surface area contributed by atoms with E-state index in [0.717, 1.165) is 18.7 Å². The predicted octanol–water partition coefficient (Wildman–Crippen LogP) is 1.45. The Labute approximate surface area is 100 Å². The Balaban J connectivity index is 1.80. The maximum absolute atomic E-state index is 5.33. The third-order valence-electron chi connectivity index (χ3n) is 2.45. The highest BCUT2D eigenvalue weighted by molar-refractivity contribution is 5.03. The molecular formula is C12H16N4O. The van der Waals surface area contributed by atoms with Crippen molar-refractivity contribution in [1.82, 2.24) is 20.1 Å². The van der Waals surface area contributed by atoms with Gasteiger partial charge in [0.15, 0.2) is 0 Å². The zero-order chi connectivity index (χ0) is 12.1. The average molecular weight is 232 g/mol. The molecule has 0 N–H and O–H groups in total. The highest BCUT2D eigenvalue weighted by Crippen LogP contribution is 2.03. The van der Waals surface area contributed by atoms with E-state index >= 15 is 0 Å². The summed E-state index contributed by atoms with van der Waals surface area (Å²) in [5.74, 6) is 1.27. The minimum Gasteiger partial charge on any atom is -0.424 e. The molecular weight excluding hydrogens is 216 g/mol. The quantitative estimate of drug-likeness (QED) is 0.781. The Bertz CT molecular complexity index is 455. The minimum absolute atomic E-state index is 0.609. The second kappa shape index (κ2) is 5.54. The Hall–Kier alpha value is -1.75. The van der Waals surface area contributed by atoms with Gasteiger partial charge in [0.05, 0.1) is 6.54 Å². The number of hydrogen-bond acceptors (Lipinski definition) is 5. The molecule has 0 bridgehead atoms. The lowest BCUT2D eigenvalue weighted by Crippen LogP contribution is -2.21. The maximum Gasteiger partial charge on any atom is 0.230 e. The van der Waals surface area contributed by atoms with Gasteiger partial charge < -0.3 is 4.42 Å². The summed E-state index contributed by atoms with van der Waals surface area (Å²) < 4.78 is 5.33. The van der Waals surface area contributed by atoms with E-state index in [2.05, 4.69) is 20.1 Å². The van der Waals surface area contributed by atoms with E-state index in [1.54, 1.807) is 6.92 Å². The van der Waals surface area contributed by atoms with Crippen LogP contribution < -0.4 is 0 Å². The van der Waals surface area contributed by atoms with Crippen molar-refractivity contribution >= 4 is 0 Å². The number of nitrogens with zero attached hydrogens (tertiary/aromatic N) is 4. The van der Waals surface area contributed by atoms with Crippen LogP contribution in [0.5, 0.6) is 0 Å². The van der Waals surface area contributed by atoms with E-state index < -0.39 is 0 Å². The Kier molecular flexibility index (Phi) is 3.82. The lowest BCUT2D eigenvalue weighted by Gasteiger charge is -2.13. The van der Waals surface area contributed by atoms with Crippen LogP contribution in [0.2, 0.25) is 0 Å². The normalized spacial score (nSPS) is 11.0. The van der Waals surface area contributed by atoms with Crippen LogP contribution >= 0.6 is 0 Å². The first-order valence-corrected chi connectivity index (χ1v) is 5.61. The van der Waals surface area contributed by atoms with Gasteiger partial charge in [-0.2, -0.15) is 0 Å². The summed E-state index contributed by atoms with van der Waals surface area (Å²) in [6.07, 6.45) is 2.74. The smallest absolute Gasteiger partial charge is 0.230 e. The van der Waals surface area contributed by atoms with Crippen LogP contribution in [0.4, 0.5) is 0 Å². The summed E-state index contributed by atoms with van der Waals surface area (Å²) in [6, 6.07) is 5.96. The van der Waals surface area contributed by atoms with Crippen LogP contribution in [-0.2, 0) is 13.0 Å². The molecule has 0 aliphatic rings. The number of hydrogen-bond donors (Lipinski definition) is 0. The first-order valence-electron chi connectivity index (χ1n) is 5.61. The van der Waals surface area contributed by atoms with Crippen LogP contribution in [0.3, 0.4) is 0 Å². The van der Waals surface area contributed by atoms with Crippen molar-refractivity contribution in [2.24, 2.45) is 0 Å². The Morgan fingerprint density at radius 1 is 1.29 bits per heavy atom. The molecule has 17 heavy (non-hydrogen) atoms. The largest absolute Gasteiger partial charge is 0.424 e. The second-order valence-electron chi connectivity index (χ2n) is 4.02. The van der Waals surface area contributed by atoms with Crippen molar-refractivity contribution in [1.29, 1.82) is 0 Å². The molecule has 2 aromatic heterocycles. The Morgan fingerprint density at radius 3 is 2.82 bits per heavy atom. The fraction of sp³-hybridized carbons (Fsp3) is 0.417. The standard InChI is InChI=1S/C12H16N4O/c1-10-14-15-12(17-10)9-16(2)8-6-11-5-3-4-7-13-11/h3-5,7H,6,8-9H2,1-2H3. The van der Waals surface area contributed by atoms with Crippen LogP contribution in [-0.4, -0.2) is 33.7 Å². The second-order valence-corrected chi connectivity index (χ2v) is 4.02. The van der Waals surface area contributed by atoms with Gasteiger partial charge in [-0.05, 0) is 19.2 Å². The average Bonchev–Trinajstić information content (AvgIpc) is 2.73. The highest BCUT2D eigenvalue weighted by atomic mass is 16.4. The lowest BCUT2D eigenvalue weighted by atomic mass is 10.2. The summed E-state index contributed by atoms with van der Waals surface area (Å²) in [5.41, 5.74) is 1.10. The fourth-order valence-corrected chi connectivity index (χ4v) is 1.56. The molecule has 5 heteroatoms. The number of likely N-dealkylation sites (N-methyl/N-ethyl adjacent to an activating group) is 1. The molecule has 0 amide bonds. The van der Waals surface area contributed by atoms with Crippen LogP contribution in [0, 0.1) is 6.92 Å². The van der Waals surface area contributed by atoms with Gasteiger partial charge in [0, 0.05) is 31.8 Å². The molecule has 0 radical (unpaired) electrons. The van der Waals surface area contributed by atoms with Gasteiger partial charge >= 0.3 is 0 Å². The van der Waals surface area contributed by atoms with Crippen molar-refractivity contribution in [2.45, 2.75) is 19.9 Å². The third-order valence-corrected chi connectivity index (χ3v) is 2.45. The number of aryl methyl sites for hydroxylation is 1. The number of rotatable bonds is 5. The van der Waals surface area contributed by atoms with Crippen molar-refractivity contribution in [3.8, 4) is 0 Å². The highest BCUT2D eigenvalue weighted by Gasteiger charge is 2.06. The number of aromatic nitrogens is 3. The van der Waals surface area contributed by atoms with Gasteiger partial charge in [0.25, 0.3) is 0 Å². The molecule has 2 aromatic rings. The zero-order valence-corrected chi connectivity index (χ0v) is 10.1. The monoisotopic (exact) mass is 232 g/mol. The molecule has 0 saturated heterocycles. The Morgan fingerprint density at radius 2 is 2.18 bits per heavy atom. The van der Waals surface area contributed by atoms with Gasteiger partial charge in [-0.3, -0.25) is 9.88 Å². The number of pyridine rings is 1. The van der Waals surface area contributed by atoms with Crippen LogP contribution in [0.1, 0.15) is 17.5 Å². The molecule has 0 aromatic carbocycles. The summed E-state index contributed by atoms with van der Waals surface area (Å²) in [7, 11) is 2.03. The predicted molar refractivity (Wildman–Crippen MR) is 63.3 cm³/mol. The first kappa shape index (κ1) is 11.7. The molecule has 5 nitrogen and oxygen atoms in total. The van der Waals surface area contributed by atoms with Gasteiger partial charge in [-0.25, -0.2) is 0 Å². The SMILES string of the molecule is Cc1nnc(CN(C)CCc2ccccn2)o1. The molecule has 0 aliphatic carbocycles. The van der Waals surface area contributed by atoms with Crippen LogP contribution in [0.25, 0.3) is 0 Å². The van der Waals surface area contributed by atoms with E-state index in [0.29, 0.717) is 18.3 Å². The zero-order valence-electron chi connectivity index (χ0n) is 10.1. The minimum atomic E-state index is 0.609. The van der Waals surface area contributed by atoms with Crippen molar-refractivity contribution in [3.05, 3.63) is 41.9 Å².